The number of hydrogen-bond donors (Lipinski definition) is 1. The molecule has 0 bridgehead atoms. The maximum atomic E-state index is 13.2. The van der Waals surface area contributed by atoms with Gasteiger partial charge in [-0.3, -0.25) is 0 Å². The second-order valence-corrected chi connectivity index (χ2v) is 8.74. The molecular weight excluding hydrogens is 517 g/mol. The van der Waals surface area contributed by atoms with E-state index < -0.39 is 17.9 Å². The van der Waals surface area contributed by atoms with Gasteiger partial charge in [0.25, 0.3) is 0 Å². The molecule has 0 fully saturated rings. The van der Waals surface area contributed by atoms with E-state index in [1.807, 2.05) is 0 Å². The van der Waals surface area contributed by atoms with Crippen molar-refractivity contribution in [2.75, 3.05) is 20.3 Å². The minimum Gasteiger partial charge on any atom is -0.466 e. The molecule has 1 aliphatic heterocycles. The molecule has 2 heterocycles. The Morgan fingerprint density at radius 3 is 2.46 bits per heavy atom. The average Bonchev–Trinajstić information content (AvgIpc) is 2.79. The van der Waals surface area contributed by atoms with Crippen molar-refractivity contribution in [2.45, 2.75) is 33.3 Å². The van der Waals surface area contributed by atoms with E-state index in [0.29, 0.717) is 33.6 Å². The van der Waals surface area contributed by atoms with Crippen molar-refractivity contribution in [3.63, 3.8) is 0 Å². The highest BCUT2D eigenvalue weighted by Crippen LogP contribution is 2.43. The molecule has 0 amide bonds. The molecule has 1 aromatic carbocycles. The Bertz CT molecular complexity index is 1190. The van der Waals surface area contributed by atoms with Crippen molar-refractivity contribution in [1.29, 1.82) is 0 Å². The van der Waals surface area contributed by atoms with Crippen molar-refractivity contribution in [1.82, 2.24) is 15.3 Å². The van der Waals surface area contributed by atoms with Crippen LogP contribution in [0.5, 0.6) is 0 Å². The van der Waals surface area contributed by atoms with Crippen LogP contribution in [-0.2, 0) is 30.4 Å². The number of allylic oxidation sites excluding steroid dienone is 1. The first kappa shape index (κ1) is 26.9. The van der Waals surface area contributed by atoms with Crippen LogP contribution in [0.15, 0.2) is 46.8 Å². The Morgan fingerprint density at radius 1 is 1.06 bits per heavy atom. The molecule has 186 valence electrons. The first-order valence-corrected chi connectivity index (χ1v) is 11.8. The van der Waals surface area contributed by atoms with Gasteiger partial charge in [-0.25, -0.2) is 19.6 Å². The van der Waals surface area contributed by atoms with E-state index in [-0.39, 0.29) is 41.0 Å². The second-order valence-electron chi connectivity index (χ2n) is 7.57. The molecule has 0 saturated heterocycles. The summed E-state index contributed by atoms with van der Waals surface area (Å²) >= 11 is 18.8. The fraction of sp³-hybridized carbons (Fsp3) is 0.333. The predicted molar refractivity (Wildman–Crippen MR) is 132 cm³/mol. The van der Waals surface area contributed by atoms with E-state index in [4.69, 9.17) is 49.0 Å². The summed E-state index contributed by atoms with van der Waals surface area (Å²) < 4.78 is 16.2. The molecule has 2 aromatic rings. The number of benzene rings is 1. The van der Waals surface area contributed by atoms with Gasteiger partial charge in [-0.05, 0) is 38.5 Å². The smallest absolute Gasteiger partial charge is 0.336 e. The lowest BCUT2D eigenvalue weighted by atomic mass is 9.80. The highest BCUT2D eigenvalue weighted by atomic mass is 35.5. The van der Waals surface area contributed by atoms with Crippen LogP contribution in [0.3, 0.4) is 0 Å². The van der Waals surface area contributed by atoms with Crippen molar-refractivity contribution < 1.29 is 23.8 Å². The highest BCUT2D eigenvalue weighted by molar-refractivity contribution is 6.42. The largest absolute Gasteiger partial charge is 0.466 e. The summed E-state index contributed by atoms with van der Waals surface area (Å²) in [5, 5.41) is 3.90. The zero-order valence-electron chi connectivity index (χ0n) is 19.6. The van der Waals surface area contributed by atoms with Gasteiger partial charge in [-0.15, -0.1) is 0 Å². The van der Waals surface area contributed by atoms with E-state index in [2.05, 4.69) is 15.3 Å². The van der Waals surface area contributed by atoms with Crippen LogP contribution in [0.2, 0.25) is 15.2 Å². The summed E-state index contributed by atoms with van der Waals surface area (Å²) in [5.74, 6) is -1.64. The molecule has 0 aliphatic carbocycles. The number of ether oxygens (including phenoxy) is 3. The SMILES string of the molecule is CCOC(=O)C1=C(COCc2cc(Cl)nc(C)n2)NC(C)=C(C(=O)OC)C1c1cccc(Cl)c1Cl. The second kappa shape index (κ2) is 11.9. The lowest BCUT2D eigenvalue weighted by molar-refractivity contribution is -0.139. The molecule has 0 spiro atoms. The Morgan fingerprint density at radius 2 is 1.80 bits per heavy atom. The summed E-state index contributed by atoms with van der Waals surface area (Å²) in [4.78, 5) is 34.4. The van der Waals surface area contributed by atoms with E-state index in [1.165, 1.54) is 7.11 Å². The van der Waals surface area contributed by atoms with Gasteiger partial charge in [-0.1, -0.05) is 46.9 Å². The number of halogens is 3. The standard InChI is InChI=1S/C24H24Cl3N3O5/c1-5-35-24(32)21-17(11-34-10-14-9-18(26)30-13(3)29-14)28-12(2)19(23(31)33-4)20(21)15-7-6-8-16(25)22(15)27/h6-9,20,28H,5,10-11H2,1-4H3. The van der Waals surface area contributed by atoms with Gasteiger partial charge < -0.3 is 19.5 Å². The third-order valence-corrected chi connectivity index (χ3v) is 6.22. The minimum atomic E-state index is -0.900. The third-order valence-electron chi connectivity index (χ3n) is 5.19. The number of methoxy groups -OCH3 is 1. The Balaban J connectivity index is 2.08. The molecule has 1 aromatic heterocycles. The number of aryl methyl sites for hydroxylation is 1. The highest BCUT2D eigenvalue weighted by Gasteiger charge is 2.40. The van der Waals surface area contributed by atoms with E-state index >= 15 is 0 Å². The molecule has 8 nitrogen and oxygen atoms in total. The summed E-state index contributed by atoms with van der Waals surface area (Å²) in [6.07, 6.45) is 0. The van der Waals surface area contributed by atoms with Crippen molar-refractivity contribution in [3.05, 3.63) is 79.1 Å². The molecule has 1 atom stereocenters. The fourth-order valence-electron chi connectivity index (χ4n) is 3.82. The molecule has 11 heteroatoms. The number of carbonyl (C=O) groups excluding carboxylic acids is 2. The van der Waals surface area contributed by atoms with Crippen LogP contribution in [0.4, 0.5) is 0 Å². The number of aromatic nitrogens is 2. The van der Waals surface area contributed by atoms with Crippen LogP contribution in [0.25, 0.3) is 0 Å². The number of hydrogen-bond acceptors (Lipinski definition) is 8. The normalized spacial score (nSPS) is 15.7. The summed E-state index contributed by atoms with van der Waals surface area (Å²) in [6.45, 7) is 5.33. The van der Waals surface area contributed by atoms with Gasteiger partial charge in [0.15, 0.2) is 0 Å². The topological polar surface area (TPSA) is 99.6 Å². The van der Waals surface area contributed by atoms with Gasteiger partial charge >= 0.3 is 11.9 Å². The van der Waals surface area contributed by atoms with Gasteiger partial charge in [0.1, 0.15) is 11.0 Å². The van der Waals surface area contributed by atoms with E-state index in [9.17, 15) is 9.59 Å². The maximum absolute atomic E-state index is 13.2. The summed E-state index contributed by atoms with van der Waals surface area (Å²) in [7, 11) is 1.26. The van der Waals surface area contributed by atoms with Crippen LogP contribution in [0.1, 0.15) is 36.8 Å². The number of nitrogens with one attached hydrogen (secondary N) is 1. The molecule has 1 N–H and O–H groups in total. The molecule has 1 unspecified atom stereocenters. The number of dihydropyridines is 1. The number of esters is 2. The number of nitrogens with zero attached hydrogens (tertiary/aromatic N) is 2. The summed E-state index contributed by atoms with van der Waals surface area (Å²) in [5.41, 5.74) is 2.30. The third kappa shape index (κ3) is 6.13. The first-order chi connectivity index (χ1) is 16.7. The van der Waals surface area contributed by atoms with Crippen LogP contribution >= 0.6 is 34.8 Å². The van der Waals surface area contributed by atoms with Crippen molar-refractivity contribution in [2.24, 2.45) is 0 Å². The van der Waals surface area contributed by atoms with Gasteiger partial charge in [0.05, 0.1) is 65.4 Å². The Labute approximate surface area is 218 Å². The van der Waals surface area contributed by atoms with Gasteiger partial charge in [0.2, 0.25) is 0 Å². The van der Waals surface area contributed by atoms with Crippen molar-refractivity contribution >= 4 is 46.7 Å². The molecule has 35 heavy (non-hydrogen) atoms. The van der Waals surface area contributed by atoms with Crippen molar-refractivity contribution in [3.8, 4) is 0 Å². The number of carbonyl (C=O) groups is 2. The molecule has 3 rings (SSSR count). The summed E-state index contributed by atoms with van der Waals surface area (Å²) in [6, 6.07) is 6.60. The molecule has 0 saturated carbocycles. The monoisotopic (exact) mass is 539 g/mol. The average molecular weight is 541 g/mol. The van der Waals surface area contributed by atoms with Gasteiger partial charge in [0, 0.05) is 5.70 Å². The maximum Gasteiger partial charge on any atom is 0.336 e. The zero-order chi connectivity index (χ0) is 25.7. The van der Waals surface area contributed by atoms with E-state index in [0.717, 1.165) is 0 Å². The quantitative estimate of drug-likeness (QED) is 0.372. The lowest BCUT2D eigenvalue weighted by Crippen LogP contribution is -2.34. The fourth-order valence-corrected chi connectivity index (χ4v) is 4.48. The van der Waals surface area contributed by atoms with Crippen LogP contribution in [0, 0.1) is 6.92 Å². The molecule has 0 radical (unpaired) electrons. The minimum absolute atomic E-state index is 0.0186. The van der Waals surface area contributed by atoms with Crippen LogP contribution < -0.4 is 5.32 Å². The lowest BCUT2D eigenvalue weighted by Gasteiger charge is -2.31. The van der Waals surface area contributed by atoms with E-state index in [1.54, 1.807) is 45.0 Å². The Hall–Kier alpha value is -2.65. The molecular formula is C24H24Cl3N3O5. The number of rotatable bonds is 8. The zero-order valence-corrected chi connectivity index (χ0v) is 21.8. The van der Waals surface area contributed by atoms with Crippen LogP contribution in [-0.4, -0.2) is 42.2 Å². The first-order valence-electron chi connectivity index (χ1n) is 10.7. The predicted octanol–water partition coefficient (Wildman–Crippen LogP) is 4.91. The Kier molecular flexibility index (Phi) is 9.13. The van der Waals surface area contributed by atoms with Gasteiger partial charge in [-0.2, -0.15) is 0 Å². The molecule has 1 aliphatic rings.